The van der Waals surface area contributed by atoms with Crippen molar-refractivity contribution in [3.8, 4) is 22.8 Å². The Bertz CT molecular complexity index is 1280. The number of thiophene rings is 1. The summed E-state index contributed by atoms with van der Waals surface area (Å²) < 4.78 is 12.7. The van der Waals surface area contributed by atoms with Crippen LogP contribution in [0, 0.1) is 13.8 Å². The van der Waals surface area contributed by atoms with Gasteiger partial charge in [-0.05, 0) is 56.3 Å². The molecule has 0 radical (unpaired) electrons. The van der Waals surface area contributed by atoms with Gasteiger partial charge in [0, 0.05) is 40.4 Å². The van der Waals surface area contributed by atoms with E-state index in [1.54, 1.807) is 25.6 Å². The minimum Gasteiger partial charge on any atom is -0.497 e. The first-order valence-electron chi connectivity index (χ1n) is 10.8. The maximum atomic E-state index is 12.5. The van der Waals surface area contributed by atoms with Crippen molar-refractivity contribution >= 4 is 22.9 Å². The Morgan fingerprint density at radius 1 is 1.18 bits per heavy atom. The van der Waals surface area contributed by atoms with Crippen LogP contribution in [0.2, 0.25) is 0 Å². The molecule has 0 unspecified atom stereocenters. The summed E-state index contributed by atoms with van der Waals surface area (Å²) in [6.07, 6.45) is 0.996. The average molecular weight is 465 g/mol. The minimum absolute atomic E-state index is 0.00782. The third kappa shape index (κ3) is 4.71. The van der Waals surface area contributed by atoms with E-state index in [4.69, 9.17) is 19.6 Å². The monoisotopic (exact) mass is 464 g/mol. The van der Waals surface area contributed by atoms with Gasteiger partial charge in [-0.2, -0.15) is 5.10 Å². The van der Waals surface area contributed by atoms with Gasteiger partial charge < -0.3 is 14.8 Å². The minimum atomic E-state index is 0.00782. The number of nitrogens with zero attached hydrogens (tertiary/aromatic N) is 3. The summed E-state index contributed by atoms with van der Waals surface area (Å²) in [4.78, 5) is 18.5. The molecule has 4 rings (SSSR count). The number of benzene rings is 1. The quantitative estimate of drug-likeness (QED) is 0.401. The zero-order valence-electron chi connectivity index (χ0n) is 19.5. The number of nitrogens with one attached hydrogen (secondary N) is 1. The summed E-state index contributed by atoms with van der Waals surface area (Å²) in [5.74, 6) is 1.43. The number of rotatable bonds is 8. The number of fused-ring (bicyclic) bond motifs is 1. The van der Waals surface area contributed by atoms with Crippen LogP contribution in [0.1, 0.15) is 41.2 Å². The van der Waals surface area contributed by atoms with Gasteiger partial charge in [0.25, 0.3) is 0 Å². The van der Waals surface area contributed by atoms with Crippen molar-refractivity contribution in [2.24, 2.45) is 0 Å². The molecule has 0 saturated carbocycles. The van der Waals surface area contributed by atoms with E-state index in [0.717, 1.165) is 44.5 Å². The molecule has 3 heterocycles. The Labute approximate surface area is 197 Å². The standard InChI is InChI=1S/C25H28N4O3S/c1-15-19(10-11-25(30)27-16(2)23-7-6-12-33-23)17(3)29-24(26-15)14-21(28-29)20-9-8-18(31-4)13-22(20)32-5/h6-9,12-14,16H,10-11H2,1-5H3,(H,27,30)/t16-/m0/s1. The molecule has 8 heteroatoms. The van der Waals surface area contributed by atoms with E-state index in [-0.39, 0.29) is 11.9 Å². The van der Waals surface area contributed by atoms with Crippen LogP contribution in [0.15, 0.2) is 41.8 Å². The second-order valence-electron chi connectivity index (χ2n) is 7.93. The largest absolute Gasteiger partial charge is 0.497 e. The summed E-state index contributed by atoms with van der Waals surface area (Å²) in [5, 5.41) is 9.89. The van der Waals surface area contributed by atoms with Gasteiger partial charge in [0.1, 0.15) is 11.5 Å². The van der Waals surface area contributed by atoms with Crippen LogP contribution in [-0.2, 0) is 11.2 Å². The molecule has 0 aliphatic heterocycles. The summed E-state index contributed by atoms with van der Waals surface area (Å²) >= 11 is 1.65. The second kappa shape index (κ2) is 9.62. The average Bonchev–Trinajstić information content (AvgIpc) is 3.49. The van der Waals surface area contributed by atoms with E-state index in [9.17, 15) is 4.79 Å². The van der Waals surface area contributed by atoms with Gasteiger partial charge in [-0.25, -0.2) is 9.50 Å². The molecule has 1 N–H and O–H groups in total. The highest BCUT2D eigenvalue weighted by Crippen LogP contribution is 2.33. The first kappa shape index (κ1) is 22.8. The number of aryl methyl sites for hydroxylation is 2. The molecular formula is C25H28N4O3S. The molecule has 0 saturated heterocycles. The number of aromatic nitrogens is 3. The van der Waals surface area contributed by atoms with Gasteiger partial charge in [0.2, 0.25) is 5.91 Å². The number of amides is 1. The van der Waals surface area contributed by atoms with Crippen LogP contribution in [0.4, 0.5) is 0 Å². The fourth-order valence-electron chi connectivity index (χ4n) is 3.99. The van der Waals surface area contributed by atoms with Crippen molar-refractivity contribution in [2.75, 3.05) is 14.2 Å². The predicted molar refractivity (Wildman–Crippen MR) is 130 cm³/mol. The summed E-state index contributed by atoms with van der Waals surface area (Å²) in [6.45, 7) is 6.01. The van der Waals surface area contributed by atoms with Crippen molar-refractivity contribution in [2.45, 2.75) is 39.7 Å². The number of methoxy groups -OCH3 is 2. The van der Waals surface area contributed by atoms with E-state index in [0.29, 0.717) is 18.6 Å². The van der Waals surface area contributed by atoms with Gasteiger partial charge in [-0.15, -0.1) is 11.3 Å². The van der Waals surface area contributed by atoms with Crippen LogP contribution in [0.25, 0.3) is 16.9 Å². The lowest BCUT2D eigenvalue weighted by Crippen LogP contribution is -2.26. The number of carbonyl (C=O) groups is 1. The summed E-state index contributed by atoms with van der Waals surface area (Å²) in [5.41, 5.74) is 5.33. The van der Waals surface area contributed by atoms with Gasteiger partial charge in [-0.1, -0.05) is 6.07 Å². The molecular weight excluding hydrogens is 436 g/mol. The highest BCUT2D eigenvalue weighted by molar-refractivity contribution is 7.10. The molecule has 1 amide bonds. The molecule has 3 aromatic heterocycles. The zero-order valence-corrected chi connectivity index (χ0v) is 20.3. The van der Waals surface area contributed by atoms with Crippen molar-refractivity contribution in [3.63, 3.8) is 0 Å². The van der Waals surface area contributed by atoms with Gasteiger partial charge >= 0.3 is 0 Å². The topological polar surface area (TPSA) is 77.8 Å². The lowest BCUT2D eigenvalue weighted by molar-refractivity contribution is -0.121. The first-order valence-corrected chi connectivity index (χ1v) is 11.7. The number of ether oxygens (including phenoxy) is 2. The molecule has 0 spiro atoms. The molecule has 1 aromatic carbocycles. The normalized spacial score (nSPS) is 12.0. The Kier molecular flexibility index (Phi) is 6.65. The molecule has 0 aliphatic rings. The van der Waals surface area contributed by atoms with Crippen molar-refractivity contribution in [1.82, 2.24) is 19.9 Å². The van der Waals surface area contributed by atoms with Crippen LogP contribution in [-0.4, -0.2) is 34.7 Å². The van der Waals surface area contributed by atoms with Crippen molar-refractivity contribution < 1.29 is 14.3 Å². The Hall–Kier alpha value is -3.39. The van der Waals surface area contributed by atoms with Crippen LogP contribution in [0.3, 0.4) is 0 Å². The number of hydrogen-bond donors (Lipinski definition) is 1. The van der Waals surface area contributed by atoms with E-state index in [1.807, 2.05) is 67.1 Å². The number of carbonyl (C=O) groups excluding carboxylic acids is 1. The highest BCUT2D eigenvalue weighted by atomic mass is 32.1. The molecule has 0 bridgehead atoms. The summed E-state index contributed by atoms with van der Waals surface area (Å²) in [7, 11) is 3.25. The smallest absolute Gasteiger partial charge is 0.220 e. The van der Waals surface area contributed by atoms with E-state index < -0.39 is 0 Å². The third-order valence-corrected chi connectivity index (χ3v) is 6.85. The molecule has 0 fully saturated rings. The van der Waals surface area contributed by atoms with Gasteiger partial charge in [0.15, 0.2) is 5.65 Å². The van der Waals surface area contributed by atoms with Crippen molar-refractivity contribution in [3.05, 3.63) is 63.6 Å². The van der Waals surface area contributed by atoms with Crippen LogP contribution < -0.4 is 14.8 Å². The maximum absolute atomic E-state index is 12.5. The maximum Gasteiger partial charge on any atom is 0.220 e. The fraction of sp³-hybridized carbons (Fsp3) is 0.320. The number of hydrogen-bond acceptors (Lipinski definition) is 6. The molecule has 0 aliphatic carbocycles. The lowest BCUT2D eigenvalue weighted by Gasteiger charge is -2.14. The van der Waals surface area contributed by atoms with Gasteiger partial charge in [-0.3, -0.25) is 4.79 Å². The highest BCUT2D eigenvalue weighted by Gasteiger charge is 2.17. The fourth-order valence-corrected chi connectivity index (χ4v) is 4.73. The van der Waals surface area contributed by atoms with Crippen LogP contribution >= 0.6 is 11.3 Å². The van der Waals surface area contributed by atoms with E-state index in [1.165, 1.54) is 0 Å². The van der Waals surface area contributed by atoms with Gasteiger partial charge in [0.05, 0.1) is 26.0 Å². The molecule has 7 nitrogen and oxygen atoms in total. The first-order chi connectivity index (χ1) is 15.9. The molecule has 1 atom stereocenters. The van der Waals surface area contributed by atoms with Crippen molar-refractivity contribution in [1.29, 1.82) is 0 Å². The lowest BCUT2D eigenvalue weighted by atomic mass is 10.1. The molecule has 172 valence electrons. The Morgan fingerprint density at radius 2 is 2.00 bits per heavy atom. The predicted octanol–water partition coefficient (Wildman–Crippen LogP) is 4.90. The zero-order chi connectivity index (χ0) is 23.5. The molecule has 4 aromatic rings. The molecule has 33 heavy (non-hydrogen) atoms. The Morgan fingerprint density at radius 3 is 2.70 bits per heavy atom. The van der Waals surface area contributed by atoms with Crippen LogP contribution in [0.5, 0.6) is 11.5 Å². The van der Waals surface area contributed by atoms with E-state index >= 15 is 0 Å². The third-order valence-electron chi connectivity index (χ3n) is 5.80. The summed E-state index contributed by atoms with van der Waals surface area (Å²) in [6, 6.07) is 11.6. The second-order valence-corrected chi connectivity index (χ2v) is 8.91. The SMILES string of the molecule is COc1ccc(-c2cc3nc(C)c(CCC(=O)N[C@@H](C)c4cccs4)c(C)n3n2)c(OC)c1. The Balaban J connectivity index is 1.56. The van der Waals surface area contributed by atoms with E-state index in [2.05, 4.69) is 5.32 Å².